The van der Waals surface area contributed by atoms with Gasteiger partial charge >= 0.3 is 5.85 Å². The van der Waals surface area contributed by atoms with Gasteiger partial charge in [0, 0.05) is 18.5 Å². The smallest absolute Gasteiger partial charge is 0.305 e. The van der Waals surface area contributed by atoms with Gasteiger partial charge in [0.15, 0.2) is 17.4 Å². The van der Waals surface area contributed by atoms with Gasteiger partial charge in [0.05, 0.1) is 17.2 Å². The van der Waals surface area contributed by atoms with E-state index >= 15 is 0 Å². The Labute approximate surface area is 199 Å². The molecule has 3 heterocycles. The van der Waals surface area contributed by atoms with Crippen LogP contribution in [0.25, 0.3) is 21.8 Å². The van der Waals surface area contributed by atoms with Crippen molar-refractivity contribution >= 4 is 45.3 Å². The molecule has 2 aliphatic heterocycles. The third-order valence-electron chi connectivity index (χ3n) is 6.40. The van der Waals surface area contributed by atoms with Crippen molar-refractivity contribution in [3.8, 4) is 5.75 Å². The average Bonchev–Trinajstić information content (AvgIpc) is 3.04. The van der Waals surface area contributed by atoms with Crippen molar-refractivity contribution in [1.82, 2.24) is 9.97 Å². The van der Waals surface area contributed by atoms with E-state index in [-0.39, 0.29) is 0 Å². The quantitative estimate of drug-likeness (QED) is 0.371. The van der Waals surface area contributed by atoms with Gasteiger partial charge in [-0.05, 0) is 35.4 Å². The fraction of sp³-hybridized carbons (Fsp3) is 0.321. The van der Waals surface area contributed by atoms with Crippen LogP contribution >= 0.6 is 0 Å². The highest BCUT2D eigenvalue weighted by atomic mass is 16.5. The predicted octanol–water partition coefficient (Wildman–Crippen LogP) is 6.17. The fourth-order valence-corrected chi connectivity index (χ4v) is 4.99. The summed E-state index contributed by atoms with van der Waals surface area (Å²) in [4.78, 5) is 19.7. The van der Waals surface area contributed by atoms with Crippen LogP contribution in [0.2, 0.25) is 0 Å². The summed E-state index contributed by atoms with van der Waals surface area (Å²) in [6, 6.07) is 20.5. The van der Waals surface area contributed by atoms with Gasteiger partial charge in [-0.3, -0.25) is 9.80 Å². The Balaban J connectivity index is 1.57. The molecule has 0 aliphatic carbocycles. The maximum absolute atomic E-state index is 6.95. The van der Waals surface area contributed by atoms with E-state index in [1.165, 1.54) is 0 Å². The second-order valence-electron chi connectivity index (χ2n) is 10.0. The molecule has 0 radical (unpaired) electrons. The molecule has 4 aromatic rings. The number of benzene rings is 3. The Kier molecular flexibility index (Phi) is 4.73. The highest BCUT2D eigenvalue weighted by Crippen LogP contribution is 2.49. The first-order valence-corrected chi connectivity index (χ1v) is 12.0. The Morgan fingerprint density at radius 3 is 1.97 bits per heavy atom. The van der Waals surface area contributed by atoms with Crippen LogP contribution in [0.1, 0.15) is 27.7 Å². The highest BCUT2D eigenvalue weighted by molar-refractivity contribution is 6.00. The largest absolute Gasteiger partial charge is 0.442 e. The van der Waals surface area contributed by atoms with E-state index in [4.69, 9.17) is 19.7 Å². The summed E-state index contributed by atoms with van der Waals surface area (Å²) in [7, 11) is 0. The zero-order chi connectivity index (χ0) is 23.4. The molecule has 0 bridgehead atoms. The molecule has 0 N–H and O–H groups in total. The van der Waals surface area contributed by atoms with Gasteiger partial charge in [0.2, 0.25) is 0 Å². The molecule has 1 spiro atoms. The summed E-state index contributed by atoms with van der Waals surface area (Å²) in [5.41, 5.74) is 2.64. The molecule has 34 heavy (non-hydrogen) atoms. The Morgan fingerprint density at radius 2 is 1.35 bits per heavy atom. The number of hydrogen-bond acceptors (Lipinski definition) is 6. The van der Waals surface area contributed by atoms with Gasteiger partial charge < -0.3 is 4.74 Å². The van der Waals surface area contributed by atoms with E-state index in [9.17, 15) is 0 Å². The van der Waals surface area contributed by atoms with E-state index in [0.717, 1.165) is 58.0 Å². The van der Waals surface area contributed by atoms with E-state index in [1.54, 1.807) is 0 Å². The van der Waals surface area contributed by atoms with Crippen LogP contribution in [0, 0.1) is 11.8 Å². The molecule has 6 heteroatoms. The van der Waals surface area contributed by atoms with Crippen LogP contribution in [-0.2, 0) is 0 Å². The maximum Gasteiger partial charge on any atom is 0.305 e. The molecule has 0 amide bonds. The summed E-state index contributed by atoms with van der Waals surface area (Å²) in [6.07, 6.45) is 1.96. The minimum Gasteiger partial charge on any atom is -0.442 e. The third kappa shape index (κ3) is 3.12. The van der Waals surface area contributed by atoms with Gasteiger partial charge in [0.25, 0.3) is 0 Å². The van der Waals surface area contributed by atoms with Crippen molar-refractivity contribution in [2.75, 3.05) is 22.9 Å². The van der Waals surface area contributed by atoms with E-state index in [1.807, 2.05) is 48.7 Å². The van der Waals surface area contributed by atoms with E-state index in [0.29, 0.717) is 11.8 Å². The molecule has 1 aromatic heterocycles. The number of fused-ring (bicyclic) bond motifs is 5. The Hall–Kier alpha value is -3.67. The number of anilines is 2. The molecule has 0 saturated carbocycles. The fourth-order valence-electron chi connectivity index (χ4n) is 4.99. The molecule has 6 nitrogen and oxygen atoms in total. The summed E-state index contributed by atoms with van der Waals surface area (Å²) < 4.78 is 6.95. The molecular formula is C28H29N5O. The molecule has 6 rings (SSSR count). The molecule has 0 fully saturated rings. The van der Waals surface area contributed by atoms with Gasteiger partial charge in [-0.1, -0.05) is 70.2 Å². The maximum atomic E-state index is 6.95. The molecule has 0 atom stereocenters. The van der Waals surface area contributed by atoms with Crippen LogP contribution in [0.4, 0.5) is 17.3 Å². The molecular weight excluding hydrogens is 422 g/mol. The zero-order valence-corrected chi connectivity index (χ0v) is 20.1. The van der Waals surface area contributed by atoms with Crippen molar-refractivity contribution in [2.24, 2.45) is 16.8 Å². The van der Waals surface area contributed by atoms with Gasteiger partial charge in [-0.2, -0.15) is 0 Å². The number of aromatic nitrogens is 2. The Bertz CT molecular complexity index is 1370. The third-order valence-corrected chi connectivity index (χ3v) is 6.40. The second-order valence-corrected chi connectivity index (χ2v) is 10.0. The molecule has 3 aromatic carbocycles. The minimum absolute atomic E-state index is 0.395. The number of para-hydroxylation sites is 2. The van der Waals surface area contributed by atoms with E-state index < -0.39 is 5.85 Å². The minimum atomic E-state index is -0.913. The first-order chi connectivity index (χ1) is 16.5. The SMILES string of the molecule is CC(C)CN1c2nc3ccccc3nc2N(CC(C)C)C12C=Nc1c(ccc3ccccc13)O2. The lowest BCUT2D eigenvalue weighted by atomic mass is 10.1. The summed E-state index contributed by atoms with van der Waals surface area (Å²) in [6.45, 7) is 10.4. The lowest BCUT2D eigenvalue weighted by molar-refractivity contribution is 0.133. The van der Waals surface area contributed by atoms with Crippen molar-refractivity contribution in [2.45, 2.75) is 33.5 Å². The number of ether oxygens (including phenoxy) is 1. The number of nitrogens with zero attached hydrogens (tertiary/aromatic N) is 5. The lowest BCUT2D eigenvalue weighted by Gasteiger charge is -2.44. The number of aliphatic imine (C=N–C) groups is 1. The average molecular weight is 452 g/mol. The monoisotopic (exact) mass is 451 g/mol. The first-order valence-electron chi connectivity index (χ1n) is 12.0. The summed E-state index contributed by atoms with van der Waals surface area (Å²) >= 11 is 0. The van der Waals surface area contributed by atoms with E-state index in [2.05, 4.69) is 55.7 Å². The number of hydrogen-bond donors (Lipinski definition) is 0. The van der Waals surface area contributed by atoms with Gasteiger partial charge in [-0.15, -0.1) is 0 Å². The zero-order valence-electron chi connectivity index (χ0n) is 20.1. The van der Waals surface area contributed by atoms with Gasteiger partial charge in [-0.25, -0.2) is 15.0 Å². The van der Waals surface area contributed by atoms with Crippen LogP contribution < -0.4 is 14.5 Å². The van der Waals surface area contributed by atoms with Crippen LogP contribution in [0.3, 0.4) is 0 Å². The highest BCUT2D eigenvalue weighted by Gasteiger charge is 2.55. The van der Waals surface area contributed by atoms with Gasteiger partial charge in [0.1, 0.15) is 5.69 Å². The normalized spacial score (nSPS) is 16.1. The van der Waals surface area contributed by atoms with Crippen molar-refractivity contribution < 1.29 is 4.74 Å². The number of rotatable bonds is 4. The van der Waals surface area contributed by atoms with Crippen molar-refractivity contribution in [3.05, 3.63) is 60.7 Å². The molecule has 172 valence electrons. The second kappa shape index (κ2) is 7.69. The first kappa shape index (κ1) is 20.9. The van der Waals surface area contributed by atoms with Crippen LogP contribution in [-0.4, -0.2) is 35.1 Å². The topological polar surface area (TPSA) is 53.9 Å². The molecule has 0 saturated heterocycles. The summed E-state index contributed by atoms with van der Waals surface area (Å²) in [5, 5.41) is 2.25. The van der Waals surface area contributed by atoms with Crippen LogP contribution in [0.5, 0.6) is 5.75 Å². The molecule has 0 unspecified atom stereocenters. The Morgan fingerprint density at radius 1 is 0.765 bits per heavy atom. The standard InChI is InChI=1S/C28H29N5O/c1-18(2)15-32-26-27(31-23-12-8-7-11-22(23)30-26)33(16-19(3)4)28(32)17-29-25-21-10-6-5-9-20(21)13-14-24(25)34-28/h5-14,17-19H,15-16H2,1-4H3. The van der Waals surface area contributed by atoms with Crippen LogP contribution in [0.15, 0.2) is 65.7 Å². The molecule has 2 aliphatic rings. The summed E-state index contributed by atoms with van der Waals surface area (Å²) in [5.74, 6) is 2.36. The lowest BCUT2D eigenvalue weighted by Crippen LogP contribution is -2.65. The predicted molar refractivity (Wildman–Crippen MR) is 139 cm³/mol. The van der Waals surface area contributed by atoms with Crippen molar-refractivity contribution in [3.63, 3.8) is 0 Å². The van der Waals surface area contributed by atoms with Crippen molar-refractivity contribution in [1.29, 1.82) is 0 Å².